The standard InChI is InChI=1S/C16H14BrClO2/c1-9-4-6-13(16(20-3)10(9)2)15(19)12-7-5-11(18)8-14(12)17/h4-8H,1-3H3. The van der Waals surface area contributed by atoms with Gasteiger partial charge in [0, 0.05) is 15.1 Å². The fourth-order valence-corrected chi connectivity index (χ4v) is 2.91. The molecule has 0 aromatic heterocycles. The molecular formula is C16H14BrClO2. The summed E-state index contributed by atoms with van der Waals surface area (Å²) in [7, 11) is 1.58. The molecule has 0 atom stereocenters. The molecule has 2 aromatic rings. The fraction of sp³-hybridized carbons (Fsp3) is 0.188. The molecule has 4 heteroatoms. The first-order chi connectivity index (χ1) is 9.45. The van der Waals surface area contributed by atoms with Crippen LogP contribution in [-0.2, 0) is 0 Å². The van der Waals surface area contributed by atoms with Gasteiger partial charge >= 0.3 is 0 Å². The molecule has 0 amide bonds. The highest BCUT2D eigenvalue weighted by atomic mass is 79.9. The number of halogens is 2. The van der Waals surface area contributed by atoms with E-state index in [1.807, 2.05) is 19.9 Å². The molecule has 0 aliphatic carbocycles. The van der Waals surface area contributed by atoms with Crippen molar-refractivity contribution >= 4 is 33.3 Å². The lowest BCUT2D eigenvalue weighted by molar-refractivity contribution is 0.103. The monoisotopic (exact) mass is 352 g/mol. The second-order valence-corrected chi connectivity index (χ2v) is 5.83. The number of benzene rings is 2. The Balaban J connectivity index is 2.56. The third kappa shape index (κ3) is 2.74. The van der Waals surface area contributed by atoms with Crippen molar-refractivity contribution in [1.29, 1.82) is 0 Å². The van der Waals surface area contributed by atoms with Gasteiger partial charge in [-0.3, -0.25) is 4.79 Å². The van der Waals surface area contributed by atoms with E-state index in [-0.39, 0.29) is 5.78 Å². The molecule has 0 saturated carbocycles. The minimum Gasteiger partial charge on any atom is -0.496 e. The summed E-state index contributed by atoms with van der Waals surface area (Å²) in [4.78, 5) is 12.7. The largest absolute Gasteiger partial charge is 0.496 e. The van der Waals surface area contributed by atoms with Crippen LogP contribution in [0.3, 0.4) is 0 Å². The molecular weight excluding hydrogens is 340 g/mol. The van der Waals surface area contributed by atoms with E-state index < -0.39 is 0 Å². The van der Waals surface area contributed by atoms with Crippen molar-refractivity contribution in [3.05, 3.63) is 62.1 Å². The molecule has 0 N–H and O–H groups in total. The lowest BCUT2D eigenvalue weighted by atomic mass is 9.97. The van der Waals surface area contributed by atoms with Gasteiger partial charge < -0.3 is 4.74 Å². The van der Waals surface area contributed by atoms with Gasteiger partial charge in [0.25, 0.3) is 0 Å². The zero-order valence-corrected chi connectivity index (χ0v) is 13.8. The van der Waals surface area contributed by atoms with Gasteiger partial charge in [0.1, 0.15) is 5.75 Å². The fourth-order valence-electron chi connectivity index (χ4n) is 2.05. The van der Waals surface area contributed by atoms with E-state index in [0.717, 1.165) is 11.1 Å². The van der Waals surface area contributed by atoms with Crippen LogP contribution in [0.5, 0.6) is 5.75 Å². The number of hydrogen-bond donors (Lipinski definition) is 0. The molecule has 0 unspecified atom stereocenters. The Bertz CT molecular complexity index is 680. The zero-order valence-electron chi connectivity index (χ0n) is 11.5. The summed E-state index contributed by atoms with van der Waals surface area (Å²) in [5, 5.41) is 0.584. The number of ether oxygens (including phenoxy) is 1. The van der Waals surface area contributed by atoms with Crippen LogP contribution in [-0.4, -0.2) is 12.9 Å². The smallest absolute Gasteiger partial charge is 0.197 e. The van der Waals surface area contributed by atoms with Crippen molar-refractivity contribution in [3.63, 3.8) is 0 Å². The summed E-state index contributed by atoms with van der Waals surface area (Å²) in [6.45, 7) is 3.94. The molecule has 2 nitrogen and oxygen atoms in total. The molecule has 0 aliphatic rings. The molecule has 0 saturated heterocycles. The molecule has 2 rings (SSSR count). The Morgan fingerprint density at radius 3 is 2.40 bits per heavy atom. The third-order valence-electron chi connectivity index (χ3n) is 3.30. The minimum atomic E-state index is -0.0894. The van der Waals surface area contributed by atoms with Crippen molar-refractivity contribution in [2.75, 3.05) is 7.11 Å². The number of methoxy groups -OCH3 is 1. The zero-order chi connectivity index (χ0) is 14.9. The summed E-state index contributed by atoms with van der Waals surface area (Å²) < 4.78 is 6.08. The van der Waals surface area contributed by atoms with Gasteiger partial charge in [-0.1, -0.05) is 17.7 Å². The molecule has 0 spiro atoms. The van der Waals surface area contributed by atoms with E-state index >= 15 is 0 Å². The summed E-state index contributed by atoms with van der Waals surface area (Å²) in [5.74, 6) is 0.533. The minimum absolute atomic E-state index is 0.0894. The second kappa shape index (κ2) is 5.98. The van der Waals surface area contributed by atoms with E-state index in [0.29, 0.717) is 26.4 Å². The van der Waals surface area contributed by atoms with Crippen LogP contribution in [0.15, 0.2) is 34.8 Å². The Morgan fingerprint density at radius 2 is 1.80 bits per heavy atom. The highest BCUT2D eigenvalue weighted by molar-refractivity contribution is 9.10. The van der Waals surface area contributed by atoms with Crippen molar-refractivity contribution in [2.24, 2.45) is 0 Å². The van der Waals surface area contributed by atoms with Gasteiger partial charge in [0.2, 0.25) is 0 Å². The van der Waals surface area contributed by atoms with Crippen molar-refractivity contribution < 1.29 is 9.53 Å². The molecule has 0 bridgehead atoms. The van der Waals surface area contributed by atoms with E-state index in [1.165, 1.54) is 0 Å². The number of carbonyl (C=O) groups excluding carboxylic acids is 1. The average Bonchev–Trinajstić information content (AvgIpc) is 2.41. The van der Waals surface area contributed by atoms with E-state index in [2.05, 4.69) is 15.9 Å². The average molecular weight is 354 g/mol. The van der Waals surface area contributed by atoms with E-state index in [4.69, 9.17) is 16.3 Å². The Kier molecular flexibility index (Phi) is 4.51. The van der Waals surface area contributed by atoms with E-state index in [9.17, 15) is 4.79 Å². The van der Waals surface area contributed by atoms with Crippen LogP contribution in [0, 0.1) is 13.8 Å². The Labute approximate surface area is 131 Å². The Hall–Kier alpha value is -1.32. The number of carbonyl (C=O) groups is 1. The quantitative estimate of drug-likeness (QED) is 0.729. The number of hydrogen-bond acceptors (Lipinski definition) is 2. The maximum absolute atomic E-state index is 12.7. The number of ketones is 1. The number of aryl methyl sites for hydroxylation is 1. The summed E-state index contributed by atoms with van der Waals surface area (Å²) in [6.07, 6.45) is 0. The van der Waals surface area contributed by atoms with Crippen LogP contribution in [0.1, 0.15) is 27.0 Å². The van der Waals surface area contributed by atoms with Crippen LogP contribution >= 0.6 is 27.5 Å². The highest BCUT2D eigenvalue weighted by Gasteiger charge is 2.19. The van der Waals surface area contributed by atoms with Crippen molar-refractivity contribution in [1.82, 2.24) is 0 Å². The maximum Gasteiger partial charge on any atom is 0.197 e. The van der Waals surface area contributed by atoms with Gasteiger partial charge in [0.05, 0.1) is 12.7 Å². The molecule has 0 heterocycles. The van der Waals surface area contributed by atoms with Crippen molar-refractivity contribution in [3.8, 4) is 5.75 Å². The van der Waals surface area contributed by atoms with Crippen LogP contribution < -0.4 is 4.74 Å². The third-order valence-corrected chi connectivity index (χ3v) is 4.19. The van der Waals surface area contributed by atoms with Crippen molar-refractivity contribution in [2.45, 2.75) is 13.8 Å². The molecule has 0 fully saturated rings. The SMILES string of the molecule is COc1c(C(=O)c2ccc(Cl)cc2Br)ccc(C)c1C. The number of rotatable bonds is 3. The Morgan fingerprint density at radius 1 is 1.15 bits per heavy atom. The first-order valence-corrected chi connectivity index (χ1v) is 7.26. The van der Waals surface area contributed by atoms with Gasteiger partial charge in [-0.25, -0.2) is 0 Å². The first kappa shape index (κ1) is 15.1. The first-order valence-electron chi connectivity index (χ1n) is 6.09. The normalized spacial score (nSPS) is 10.4. The lowest BCUT2D eigenvalue weighted by Crippen LogP contribution is -2.06. The summed E-state index contributed by atoms with van der Waals surface area (Å²) in [6, 6.07) is 8.85. The van der Waals surface area contributed by atoms with Crippen LogP contribution in [0.4, 0.5) is 0 Å². The molecule has 0 aliphatic heterocycles. The van der Waals surface area contributed by atoms with Gasteiger partial charge in [-0.15, -0.1) is 0 Å². The predicted octanol–water partition coefficient (Wildman–Crippen LogP) is 4.96. The summed E-state index contributed by atoms with van der Waals surface area (Å²) >= 11 is 9.28. The predicted molar refractivity (Wildman–Crippen MR) is 85.1 cm³/mol. The van der Waals surface area contributed by atoms with Gasteiger partial charge in [0.15, 0.2) is 5.78 Å². The molecule has 2 aromatic carbocycles. The molecule has 20 heavy (non-hydrogen) atoms. The highest BCUT2D eigenvalue weighted by Crippen LogP contribution is 2.31. The van der Waals surface area contributed by atoms with E-state index in [1.54, 1.807) is 31.4 Å². The van der Waals surface area contributed by atoms with Gasteiger partial charge in [-0.05, 0) is 65.2 Å². The maximum atomic E-state index is 12.7. The second-order valence-electron chi connectivity index (χ2n) is 4.54. The van der Waals surface area contributed by atoms with Crippen LogP contribution in [0.2, 0.25) is 5.02 Å². The topological polar surface area (TPSA) is 26.3 Å². The summed E-state index contributed by atoms with van der Waals surface area (Å²) in [5.41, 5.74) is 3.19. The van der Waals surface area contributed by atoms with Gasteiger partial charge in [-0.2, -0.15) is 0 Å². The molecule has 104 valence electrons. The molecule has 0 radical (unpaired) electrons. The van der Waals surface area contributed by atoms with Crippen LogP contribution in [0.25, 0.3) is 0 Å². The lowest BCUT2D eigenvalue weighted by Gasteiger charge is -2.13.